The molecule has 0 N–H and O–H groups in total. The highest BCUT2D eigenvalue weighted by molar-refractivity contribution is 4.88. The van der Waals surface area contributed by atoms with Crippen LogP contribution in [0.5, 0.6) is 0 Å². The number of likely N-dealkylation sites (N-methyl/N-ethyl adjacent to an activating group) is 1. The number of nitrogens with zero attached hydrogens (tertiary/aromatic N) is 1. The summed E-state index contributed by atoms with van der Waals surface area (Å²) in [5.41, 5.74) is 1.26. The molecule has 0 saturated heterocycles. The lowest BCUT2D eigenvalue weighted by molar-refractivity contribution is -0.899. The van der Waals surface area contributed by atoms with Crippen LogP contribution in [0.1, 0.15) is 26.7 Å². The highest BCUT2D eigenvalue weighted by Gasteiger charge is 2.18. The van der Waals surface area contributed by atoms with E-state index in [2.05, 4.69) is 34.1 Å². The number of quaternary nitrogens is 1. The lowest BCUT2D eigenvalue weighted by Crippen LogP contribution is -3.00. The SMILES string of the molecule is C=CC[N+](C)(CCCC)CC(=C)C.[Br-]. The van der Waals surface area contributed by atoms with Crippen molar-refractivity contribution in [2.45, 2.75) is 26.7 Å². The van der Waals surface area contributed by atoms with Crippen molar-refractivity contribution in [1.29, 1.82) is 0 Å². The van der Waals surface area contributed by atoms with E-state index in [1.807, 2.05) is 6.08 Å². The zero-order valence-corrected chi connectivity index (χ0v) is 11.4. The van der Waals surface area contributed by atoms with Crippen molar-refractivity contribution in [3.63, 3.8) is 0 Å². The van der Waals surface area contributed by atoms with Crippen LogP contribution >= 0.6 is 0 Å². The van der Waals surface area contributed by atoms with E-state index in [1.54, 1.807) is 0 Å². The first-order valence-corrected chi connectivity index (χ1v) is 5.13. The molecule has 0 fully saturated rings. The average Bonchev–Trinajstić information content (AvgIpc) is 2.00. The molecular weight excluding hydrogens is 238 g/mol. The Balaban J connectivity index is 0. The molecule has 1 unspecified atom stereocenters. The van der Waals surface area contributed by atoms with E-state index in [4.69, 9.17) is 0 Å². The molecule has 0 radical (unpaired) electrons. The van der Waals surface area contributed by atoms with E-state index in [0.29, 0.717) is 0 Å². The Morgan fingerprint density at radius 1 is 1.43 bits per heavy atom. The smallest absolute Gasteiger partial charge is 0.0998 e. The Bertz CT molecular complexity index is 177. The van der Waals surface area contributed by atoms with Gasteiger partial charge >= 0.3 is 0 Å². The van der Waals surface area contributed by atoms with Crippen molar-refractivity contribution in [1.82, 2.24) is 0 Å². The van der Waals surface area contributed by atoms with E-state index in [0.717, 1.165) is 17.6 Å². The van der Waals surface area contributed by atoms with Crippen LogP contribution in [0.4, 0.5) is 0 Å². The number of halogens is 1. The van der Waals surface area contributed by atoms with Crippen molar-refractivity contribution in [2.75, 3.05) is 26.7 Å². The standard InChI is InChI=1S/C12H24N.BrH/c1-6-8-10-13(5,9-7-2)11-12(3)4;/h7H,2-3,6,8-11H2,1,4-5H3;1H/q+1;/p-1. The van der Waals surface area contributed by atoms with Crippen LogP contribution in [0.15, 0.2) is 24.8 Å². The van der Waals surface area contributed by atoms with Gasteiger partial charge in [-0.1, -0.05) is 26.5 Å². The van der Waals surface area contributed by atoms with Crippen LogP contribution in [0.2, 0.25) is 0 Å². The molecule has 0 rings (SSSR count). The molecule has 0 spiro atoms. The van der Waals surface area contributed by atoms with Gasteiger partial charge in [0.25, 0.3) is 0 Å². The molecule has 0 aromatic rings. The second kappa shape index (κ2) is 8.25. The van der Waals surface area contributed by atoms with E-state index in [9.17, 15) is 0 Å². The summed E-state index contributed by atoms with van der Waals surface area (Å²) in [5, 5.41) is 0. The number of rotatable bonds is 7. The van der Waals surface area contributed by atoms with E-state index in [-0.39, 0.29) is 17.0 Å². The number of hydrogen-bond acceptors (Lipinski definition) is 0. The molecular formula is C12H24BrN. The maximum atomic E-state index is 3.98. The maximum absolute atomic E-state index is 3.98. The summed E-state index contributed by atoms with van der Waals surface area (Å²) in [7, 11) is 2.28. The molecule has 0 aliphatic carbocycles. The van der Waals surface area contributed by atoms with E-state index < -0.39 is 0 Å². The number of unbranched alkanes of at least 4 members (excludes halogenated alkanes) is 1. The monoisotopic (exact) mass is 261 g/mol. The first-order chi connectivity index (χ1) is 6.04. The van der Waals surface area contributed by atoms with Crippen molar-refractivity contribution >= 4 is 0 Å². The molecule has 0 aliphatic heterocycles. The van der Waals surface area contributed by atoms with Crippen LogP contribution in [0.3, 0.4) is 0 Å². The third-order valence-electron chi connectivity index (χ3n) is 2.27. The Hall–Kier alpha value is -0.0800. The molecule has 0 aromatic heterocycles. The van der Waals surface area contributed by atoms with Crippen molar-refractivity contribution in [3.8, 4) is 0 Å². The first-order valence-electron chi connectivity index (χ1n) is 5.13. The minimum Gasteiger partial charge on any atom is -1.00 e. The fourth-order valence-corrected chi connectivity index (χ4v) is 1.74. The summed E-state index contributed by atoms with van der Waals surface area (Å²) in [6.45, 7) is 15.5. The second-order valence-corrected chi connectivity index (χ2v) is 4.28. The maximum Gasteiger partial charge on any atom is 0.0998 e. The summed E-state index contributed by atoms with van der Waals surface area (Å²) >= 11 is 0. The molecule has 2 heteroatoms. The molecule has 0 heterocycles. The van der Waals surface area contributed by atoms with Crippen LogP contribution in [0.25, 0.3) is 0 Å². The Morgan fingerprint density at radius 2 is 2.00 bits per heavy atom. The van der Waals surface area contributed by atoms with Gasteiger partial charge in [-0.15, -0.1) is 0 Å². The summed E-state index contributed by atoms with van der Waals surface area (Å²) in [4.78, 5) is 0. The van der Waals surface area contributed by atoms with Crippen LogP contribution in [-0.2, 0) is 0 Å². The molecule has 0 bridgehead atoms. The van der Waals surface area contributed by atoms with Gasteiger partial charge in [-0.3, -0.25) is 0 Å². The van der Waals surface area contributed by atoms with Gasteiger partial charge in [0.15, 0.2) is 0 Å². The quantitative estimate of drug-likeness (QED) is 0.447. The fourth-order valence-electron chi connectivity index (χ4n) is 1.74. The minimum absolute atomic E-state index is 0. The van der Waals surface area contributed by atoms with Gasteiger partial charge in [0, 0.05) is 0 Å². The van der Waals surface area contributed by atoms with Gasteiger partial charge in [-0.2, -0.15) is 0 Å². The minimum atomic E-state index is 0. The largest absolute Gasteiger partial charge is 1.00 e. The van der Waals surface area contributed by atoms with Gasteiger partial charge in [-0.05, 0) is 25.0 Å². The van der Waals surface area contributed by atoms with Gasteiger partial charge in [0.05, 0.1) is 26.7 Å². The van der Waals surface area contributed by atoms with E-state index in [1.165, 1.54) is 25.0 Å². The lowest BCUT2D eigenvalue weighted by Gasteiger charge is -2.33. The van der Waals surface area contributed by atoms with Crippen LogP contribution < -0.4 is 17.0 Å². The Morgan fingerprint density at radius 3 is 2.36 bits per heavy atom. The van der Waals surface area contributed by atoms with Crippen LogP contribution in [-0.4, -0.2) is 31.2 Å². The predicted octanol–water partition coefficient (Wildman–Crippen LogP) is -0.000800. The summed E-state index contributed by atoms with van der Waals surface area (Å²) in [5.74, 6) is 0. The normalized spacial score (nSPS) is 13.9. The Labute approximate surface area is 99.9 Å². The lowest BCUT2D eigenvalue weighted by atomic mass is 10.2. The summed E-state index contributed by atoms with van der Waals surface area (Å²) < 4.78 is 1.06. The Kier molecular flexibility index (Phi) is 9.63. The molecule has 0 aromatic carbocycles. The van der Waals surface area contributed by atoms with Crippen molar-refractivity contribution in [2.24, 2.45) is 0 Å². The predicted molar refractivity (Wildman–Crippen MR) is 60.7 cm³/mol. The fraction of sp³-hybridized carbons (Fsp3) is 0.667. The third-order valence-corrected chi connectivity index (χ3v) is 2.27. The summed E-state index contributed by atoms with van der Waals surface area (Å²) in [6, 6.07) is 0. The molecule has 1 nitrogen and oxygen atoms in total. The topological polar surface area (TPSA) is 0 Å². The van der Waals surface area contributed by atoms with Gasteiger partial charge < -0.3 is 21.5 Å². The zero-order valence-electron chi connectivity index (χ0n) is 9.85. The molecule has 0 saturated carbocycles. The molecule has 0 aliphatic rings. The first kappa shape index (κ1) is 16.4. The zero-order chi connectivity index (χ0) is 10.3. The molecule has 84 valence electrons. The molecule has 1 atom stereocenters. The molecule has 0 amide bonds. The summed E-state index contributed by atoms with van der Waals surface area (Å²) in [6.07, 6.45) is 4.57. The van der Waals surface area contributed by atoms with E-state index >= 15 is 0 Å². The highest BCUT2D eigenvalue weighted by atomic mass is 79.9. The van der Waals surface area contributed by atoms with Gasteiger partial charge in [-0.25, -0.2) is 0 Å². The molecule has 14 heavy (non-hydrogen) atoms. The van der Waals surface area contributed by atoms with Gasteiger partial charge in [0.2, 0.25) is 0 Å². The number of hydrogen-bond donors (Lipinski definition) is 0. The average molecular weight is 262 g/mol. The van der Waals surface area contributed by atoms with Gasteiger partial charge in [0.1, 0.15) is 0 Å². The highest BCUT2D eigenvalue weighted by Crippen LogP contribution is 2.09. The second-order valence-electron chi connectivity index (χ2n) is 4.28. The third kappa shape index (κ3) is 7.34. The van der Waals surface area contributed by atoms with Crippen molar-refractivity contribution < 1.29 is 21.5 Å². The van der Waals surface area contributed by atoms with Crippen molar-refractivity contribution in [3.05, 3.63) is 24.8 Å². The van der Waals surface area contributed by atoms with Crippen LogP contribution in [0, 0.1) is 0 Å².